The van der Waals surface area contributed by atoms with Gasteiger partial charge in [-0.15, -0.1) is 0 Å². The molecule has 0 aromatic heterocycles. The first kappa shape index (κ1) is 10.6. The summed E-state index contributed by atoms with van der Waals surface area (Å²) >= 11 is 0. The lowest BCUT2D eigenvalue weighted by atomic mass is 10.2. The highest BCUT2D eigenvalue weighted by atomic mass is 15.4. The van der Waals surface area contributed by atoms with Gasteiger partial charge < -0.3 is 9.80 Å². The summed E-state index contributed by atoms with van der Waals surface area (Å²) in [5.74, 6) is 0. The van der Waals surface area contributed by atoms with E-state index in [9.17, 15) is 0 Å². The van der Waals surface area contributed by atoms with Crippen LogP contribution in [0.1, 0.15) is 0 Å². The summed E-state index contributed by atoms with van der Waals surface area (Å²) in [6.45, 7) is 8.56. The van der Waals surface area contributed by atoms with Gasteiger partial charge in [0.25, 0.3) is 0 Å². The predicted molar refractivity (Wildman–Crippen MR) is 69.0 cm³/mol. The van der Waals surface area contributed by atoms with E-state index >= 15 is 0 Å². The van der Waals surface area contributed by atoms with Crippen LogP contribution < -0.4 is 4.90 Å². The highest BCUT2D eigenvalue weighted by Gasteiger charge is 2.23. The smallest absolute Gasteiger partial charge is 0.0950 e. The molecule has 1 aromatic rings. The lowest BCUT2D eigenvalue weighted by Gasteiger charge is -2.20. The second kappa shape index (κ2) is 4.27. The Labute approximate surface area is 96.8 Å². The molecule has 16 heavy (non-hydrogen) atoms. The summed E-state index contributed by atoms with van der Waals surface area (Å²) in [5, 5.41) is 0. The zero-order chi connectivity index (χ0) is 11.5. The van der Waals surface area contributed by atoms with Gasteiger partial charge in [-0.1, -0.05) is 31.4 Å². The van der Waals surface area contributed by atoms with Gasteiger partial charge >= 0.3 is 0 Å². The van der Waals surface area contributed by atoms with Crippen molar-refractivity contribution in [3.63, 3.8) is 0 Å². The molecular formula is C14H16N2. The summed E-state index contributed by atoms with van der Waals surface area (Å²) in [4.78, 5) is 4.39. The maximum absolute atomic E-state index is 3.88. The monoisotopic (exact) mass is 212 g/mol. The minimum absolute atomic E-state index is 0.840. The number of hydrogen-bond acceptors (Lipinski definition) is 2. The first-order valence-electron chi connectivity index (χ1n) is 5.31. The van der Waals surface area contributed by atoms with Gasteiger partial charge in [0, 0.05) is 12.7 Å². The number of anilines is 1. The van der Waals surface area contributed by atoms with Crippen molar-refractivity contribution in [1.29, 1.82) is 0 Å². The van der Waals surface area contributed by atoms with E-state index < -0.39 is 0 Å². The van der Waals surface area contributed by atoms with E-state index in [1.807, 2.05) is 30.4 Å². The summed E-state index contributed by atoms with van der Waals surface area (Å²) in [5.41, 5.74) is 3.42. The van der Waals surface area contributed by atoms with Gasteiger partial charge in [0.15, 0.2) is 0 Å². The summed E-state index contributed by atoms with van der Waals surface area (Å²) in [6.07, 6.45) is 3.76. The van der Waals surface area contributed by atoms with E-state index in [4.69, 9.17) is 0 Å². The molecule has 0 amide bonds. The number of rotatable bonds is 3. The van der Waals surface area contributed by atoms with Gasteiger partial charge in [0.1, 0.15) is 0 Å². The normalized spacial score (nSPS) is 15.6. The second-order valence-corrected chi connectivity index (χ2v) is 3.78. The van der Waals surface area contributed by atoms with Crippen LogP contribution in [-0.4, -0.2) is 18.6 Å². The third kappa shape index (κ3) is 1.63. The number of allylic oxidation sites excluding steroid dienone is 2. The van der Waals surface area contributed by atoms with Crippen molar-refractivity contribution in [2.75, 3.05) is 18.6 Å². The van der Waals surface area contributed by atoms with Crippen LogP contribution in [0, 0.1) is 0 Å². The van der Waals surface area contributed by atoms with Crippen LogP contribution in [-0.2, 0) is 0 Å². The summed E-state index contributed by atoms with van der Waals surface area (Å²) in [7, 11) is 2.06. The summed E-state index contributed by atoms with van der Waals surface area (Å²) < 4.78 is 0. The third-order valence-electron chi connectivity index (χ3n) is 2.77. The topological polar surface area (TPSA) is 6.48 Å². The highest BCUT2D eigenvalue weighted by molar-refractivity contribution is 5.58. The Hall–Kier alpha value is -1.96. The van der Waals surface area contributed by atoms with Crippen LogP contribution in [0.3, 0.4) is 0 Å². The Bertz CT molecular complexity index is 431. The first-order valence-corrected chi connectivity index (χ1v) is 5.31. The third-order valence-corrected chi connectivity index (χ3v) is 2.77. The maximum atomic E-state index is 3.88. The first-order chi connectivity index (χ1) is 7.77. The highest BCUT2D eigenvalue weighted by Crippen LogP contribution is 2.29. The van der Waals surface area contributed by atoms with Gasteiger partial charge in [-0.2, -0.15) is 0 Å². The fraction of sp³-hybridized carbons (Fsp3) is 0.143. The standard InChI is InChI=1S/C14H16N2/c1-4-13-14(5-2)16(11-15(13)3)12-9-7-6-8-10-12/h4-10H,1-2,11H2,3H3. The molecule has 2 rings (SSSR count). The molecule has 2 nitrogen and oxygen atoms in total. The molecule has 82 valence electrons. The van der Waals surface area contributed by atoms with Gasteiger partial charge in [0.05, 0.1) is 18.1 Å². The molecular weight excluding hydrogens is 196 g/mol. The van der Waals surface area contributed by atoms with Crippen molar-refractivity contribution >= 4 is 5.69 Å². The van der Waals surface area contributed by atoms with Crippen molar-refractivity contribution < 1.29 is 0 Å². The molecule has 0 aliphatic carbocycles. The Kier molecular flexibility index (Phi) is 2.82. The van der Waals surface area contributed by atoms with E-state index in [-0.39, 0.29) is 0 Å². The lowest BCUT2D eigenvalue weighted by molar-refractivity contribution is 0.471. The molecule has 0 spiro atoms. The molecule has 0 radical (unpaired) electrons. The zero-order valence-electron chi connectivity index (χ0n) is 9.56. The second-order valence-electron chi connectivity index (χ2n) is 3.78. The number of para-hydroxylation sites is 1. The van der Waals surface area contributed by atoms with Crippen molar-refractivity contribution in [2.24, 2.45) is 0 Å². The average molecular weight is 212 g/mol. The van der Waals surface area contributed by atoms with E-state index in [2.05, 4.69) is 42.1 Å². The van der Waals surface area contributed by atoms with Crippen LogP contribution in [0.25, 0.3) is 0 Å². The van der Waals surface area contributed by atoms with Crippen molar-refractivity contribution in [1.82, 2.24) is 4.90 Å². The molecule has 0 saturated heterocycles. The molecule has 2 heteroatoms. The number of nitrogens with zero attached hydrogens (tertiary/aromatic N) is 2. The Morgan fingerprint density at radius 3 is 2.25 bits per heavy atom. The Morgan fingerprint density at radius 1 is 1.06 bits per heavy atom. The Morgan fingerprint density at radius 2 is 1.69 bits per heavy atom. The van der Waals surface area contributed by atoms with Crippen LogP contribution in [0.5, 0.6) is 0 Å². The van der Waals surface area contributed by atoms with Crippen molar-refractivity contribution in [3.8, 4) is 0 Å². The molecule has 0 atom stereocenters. The van der Waals surface area contributed by atoms with E-state index in [0.717, 1.165) is 18.1 Å². The SMILES string of the molecule is C=CC1=C(C=C)N(c2ccccc2)CN1C. The van der Waals surface area contributed by atoms with Crippen LogP contribution in [0.15, 0.2) is 67.0 Å². The largest absolute Gasteiger partial charge is 0.355 e. The fourth-order valence-corrected chi connectivity index (χ4v) is 2.00. The molecule has 0 saturated carbocycles. The van der Waals surface area contributed by atoms with E-state index in [0.29, 0.717) is 0 Å². The van der Waals surface area contributed by atoms with Crippen molar-refractivity contribution in [2.45, 2.75) is 0 Å². The molecule has 1 aliphatic rings. The predicted octanol–water partition coefficient (Wildman–Crippen LogP) is 2.98. The molecule has 0 unspecified atom stereocenters. The van der Waals surface area contributed by atoms with Gasteiger partial charge in [-0.25, -0.2) is 0 Å². The average Bonchev–Trinajstić information content (AvgIpc) is 2.66. The molecule has 0 fully saturated rings. The fourth-order valence-electron chi connectivity index (χ4n) is 2.00. The van der Waals surface area contributed by atoms with Gasteiger partial charge in [-0.3, -0.25) is 0 Å². The Balaban J connectivity index is 2.42. The molecule has 0 bridgehead atoms. The van der Waals surface area contributed by atoms with Gasteiger partial charge in [0.2, 0.25) is 0 Å². The molecule has 0 N–H and O–H groups in total. The van der Waals surface area contributed by atoms with E-state index in [1.54, 1.807) is 0 Å². The minimum atomic E-state index is 0.840. The van der Waals surface area contributed by atoms with E-state index in [1.165, 1.54) is 5.69 Å². The number of likely N-dealkylation sites (N-methyl/N-ethyl adjacent to an activating group) is 1. The van der Waals surface area contributed by atoms with Gasteiger partial charge in [-0.05, 0) is 24.3 Å². The molecule has 1 aromatic carbocycles. The molecule has 1 heterocycles. The summed E-state index contributed by atoms with van der Waals surface area (Å²) in [6, 6.07) is 10.3. The molecule has 1 aliphatic heterocycles. The van der Waals surface area contributed by atoms with Crippen LogP contribution >= 0.6 is 0 Å². The van der Waals surface area contributed by atoms with Crippen LogP contribution in [0.2, 0.25) is 0 Å². The quantitative estimate of drug-likeness (QED) is 0.760. The maximum Gasteiger partial charge on any atom is 0.0950 e. The zero-order valence-corrected chi connectivity index (χ0v) is 9.56. The lowest BCUT2D eigenvalue weighted by Crippen LogP contribution is -2.24. The van der Waals surface area contributed by atoms with Crippen LogP contribution in [0.4, 0.5) is 5.69 Å². The number of hydrogen-bond donors (Lipinski definition) is 0. The minimum Gasteiger partial charge on any atom is -0.355 e. The van der Waals surface area contributed by atoms with Crippen molar-refractivity contribution in [3.05, 3.63) is 67.0 Å². The number of benzene rings is 1.